The smallest absolute Gasteiger partial charge is 0.344 e. The Morgan fingerprint density at radius 3 is 2.70 bits per heavy atom. The maximum atomic E-state index is 12.7. The second kappa shape index (κ2) is 7.59. The molecule has 4 rings (SSSR count). The van der Waals surface area contributed by atoms with Gasteiger partial charge >= 0.3 is 11.6 Å². The van der Waals surface area contributed by atoms with Crippen LogP contribution in [0.4, 0.5) is 5.69 Å². The minimum absolute atomic E-state index is 0.115. The van der Waals surface area contributed by atoms with Crippen LogP contribution in [0.3, 0.4) is 0 Å². The molecular formula is C24H26N2O4. The van der Waals surface area contributed by atoms with Crippen molar-refractivity contribution in [2.24, 2.45) is 0 Å². The number of carboxylic acids is 1. The van der Waals surface area contributed by atoms with E-state index in [1.807, 2.05) is 12.1 Å². The van der Waals surface area contributed by atoms with E-state index in [2.05, 4.69) is 36.7 Å². The van der Waals surface area contributed by atoms with Crippen LogP contribution < -0.4 is 10.5 Å². The van der Waals surface area contributed by atoms with Crippen LogP contribution in [0, 0.1) is 0 Å². The molecule has 1 atom stereocenters. The van der Waals surface area contributed by atoms with E-state index in [0.717, 1.165) is 23.1 Å². The number of pyridine rings is 1. The summed E-state index contributed by atoms with van der Waals surface area (Å²) in [6, 6.07) is 9.54. The van der Waals surface area contributed by atoms with E-state index in [9.17, 15) is 9.59 Å². The van der Waals surface area contributed by atoms with Gasteiger partial charge in [-0.25, -0.2) is 4.79 Å². The molecule has 3 aromatic rings. The highest BCUT2D eigenvalue weighted by atomic mass is 16.4. The third-order valence-corrected chi connectivity index (χ3v) is 6.00. The number of anilines is 1. The van der Waals surface area contributed by atoms with Crippen LogP contribution in [-0.2, 0) is 4.79 Å². The van der Waals surface area contributed by atoms with Crippen molar-refractivity contribution in [2.45, 2.75) is 51.5 Å². The lowest BCUT2D eigenvalue weighted by Gasteiger charge is -2.47. The van der Waals surface area contributed by atoms with Crippen LogP contribution in [0.25, 0.3) is 22.1 Å². The first-order valence-electron chi connectivity index (χ1n) is 10.3. The van der Waals surface area contributed by atoms with Crippen molar-refractivity contribution in [3.05, 3.63) is 58.7 Å². The molecule has 0 spiro atoms. The summed E-state index contributed by atoms with van der Waals surface area (Å²) in [5.74, 6) is -0.446. The van der Waals surface area contributed by atoms with Gasteiger partial charge < -0.3 is 14.4 Å². The fraction of sp³-hybridized carbons (Fsp3) is 0.375. The van der Waals surface area contributed by atoms with Crippen LogP contribution in [-0.4, -0.2) is 28.1 Å². The zero-order valence-corrected chi connectivity index (χ0v) is 17.5. The Bertz CT molecular complexity index is 1150. The fourth-order valence-electron chi connectivity index (χ4n) is 4.64. The van der Waals surface area contributed by atoms with Gasteiger partial charge in [-0.3, -0.25) is 9.78 Å². The van der Waals surface area contributed by atoms with Gasteiger partial charge in [0.05, 0.1) is 5.56 Å². The number of hydrogen-bond acceptors (Lipinski definition) is 5. The summed E-state index contributed by atoms with van der Waals surface area (Å²) in [6.45, 7) is 7.22. The first kappa shape index (κ1) is 20.1. The quantitative estimate of drug-likeness (QED) is 0.612. The molecule has 30 heavy (non-hydrogen) atoms. The van der Waals surface area contributed by atoms with Crippen LogP contribution in [0.1, 0.15) is 51.5 Å². The van der Waals surface area contributed by atoms with E-state index in [1.54, 1.807) is 24.5 Å². The van der Waals surface area contributed by atoms with Gasteiger partial charge in [0.1, 0.15) is 5.58 Å². The molecule has 0 saturated heterocycles. The summed E-state index contributed by atoms with van der Waals surface area (Å²) in [4.78, 5) is 29.9. The Hall–Kier alpha value is -3.15. The average Bonchev–Trinajstić information content (AvgIpc) is 2.69. The van der Waals surface area contributed by atoms with Gasteiger partial charge in [-0.2, -0.15) is 0 Å². The molecule has 2 aromatic heterocycles. The van der Waals surface area contributed by atoms with Gasteiger partial charge in [0.15, 0.2) is 0 Å². The van der Waals surface area contributed by atoms with Crippen LogP contribution in [0.5, 0.6) is 0 Å². The summed E-state index contributed by atoms with van der Waals surface area (Å²) in [7, 11) is 0. The van der Waals surface area contributed by atoms with Crippen molar-refractivity contribution < 1.29 is 14.3 Å². The number of benzene rings is 1. The van der Waals surface area contributed by atoms with Crippen molar-refractivity contribution in [3.8, 4) is 11.1 Å². The maximum Gasteiger partial charge on any atom is 0.344 e. The molecule has 3 heterocycles. The molecular weight excluding hydrogens is 380 g/mol. The standard InChI is InChI=1S/C24H26N2O4/c1-15-14-24(2,3)26(10-4-5-22(27)28)20-13-21-17(11-18(15)20)12-19(23(29)30-21)16-6-8-25-9-7-16/h6-9,11-13,15H,4-5,10,14H2,1-3H3,(H,27,28). The number of nitrogens with zero attached hydrogens (tertiary/aromatic N) is 2. The fourth-order valence-corrected chi connectivity index (χ4v) is 4.64. The number of aromatic nitrogens is 1. The number of rotatable bonds is 5. The van der Waals surface area contributed by atoms with Crippen molar-refractivity contribution in [1.29, 1.82) is 0 Å². The first-order valence-corrected chi connectivity index (χ1v) is 10.3. The van der Waals surface area contributed by atoms with Crippen LogP contribution in [0.2, 0.25) is 0 Å². The molecule has 0 saturated carbocycles. The molecule has 0 aliphatic carbocycles. The predicted molar refractivity (Wildman–Crippen MR) is 117 cm³/mol. The predicted octanol–water partition coefficient (Wildman–Crippen LogP) is 4.81. The summed E-state index contributed by atoms with van der Waals surface area (Å²) in [5, 5.41) is 9.92. The van der Waals surface area contributed by atoms with Gasteiger partial charge in [-0.15, -0.1) is 0 Å². The molecule has 6 heteroatoms. The summed E-state index contributed by atoms with van der Waals surface area (Å²) in [5.41, 5.74) is 3.58. The second-order valence-corrected chi connectivity index (χ2v) is 8.70. The van der Waals surface area contributed by atoms with Crippen LogP contribution in [0.15, 0.2) is 51.9 Å². The number of aliphatic carboxylic acids is 1. The van der Waals surface area contributed by atoms with Crippen molar-refractivity contribution in [2.75, 3.05) is 11.4 Å². The number of carbonyl (C=O) groups is 1. The molecule has 0 bridgehead atoms. The lowest BCUT2D eigenvalue weighted by molar-refractivity contribution is -0.137. The molecule has 0 radical (unpaired) electrons. The SMILES string of the molecule is CC1CC(C)(C)N(CCCC(=O)O)c2cc3oc(=O)c(-c4ccncc4)cc3cc21. The highest BCUT2D eigenvalue weighted by Crippen LogP contribution is 2.45. The zero-order valence-electron chi connectivity index (χ0n) is 17.5. The van der Waals surface area contributed by atoms with Gasteiger partial charge in [0, 0.05) is 48.0 Å². The lowest BCUT2D eigenvalue weighted by Crippen LogP contribution is -2.48. The second-order valence-electron chi connectivity index (χ2n) is 8.70. The average molecular weight is 406 g/mol. The maximum absolute atomic E-state index is 12.7. The number of carboxylic acid groups (broad SMARTS) is 1. The number of hydrogen-bond donors (Lipinski definition) is 1. The summed E-state index contributed by atoms with van der Waals surface area (Å²) in [6.07, 6.45) is 4.98. The Morgan fingerprint density at radius 1 is 1.27 bits per heavy atom. The molecule has 156 valence electrons. The van der Waals surface area contributed by atoms with Crippen LogP contribution >= 0.6 is 0 Å². The monoisotopic (exact) mass is 406 g/mol. The molecule has 1 N–H and O–H groups in total. The Kier molecular flexibility index (Phi) is 5.10. The molecule has 1 aliphatic heterocycles. The molecule has 0 amide bonds. The first-order chi connectivity index (χ1) is 14.3. The van der Waals surface area contributed by atoms with E-state index >= 15 is 0 Å². The number of fused-ring (bicyclic) bond motifs is 2. The molecule has 0 fully saturated rings. The molecule has 1 unspecified atom stereocenters. The molecule has 1 aliphatic rings. The highest BCUT2D eigenvalue weighted by Gasteiger charge is 2.36. The largest absolute Gasteiger partial charge is 0.481 e. The van der Waals surface area contributed by atoms with Gasteiger partial charge in [0.25, 0.3) is 0 Å². The van der Waals surface area contributed by atoms with E-state index < -0.39 is 5.97 Å². The molecule has 1 aromatic carbocycles. The van der Waals surface area contributed by atoms with Gasteiger partial charge in [0.2, 0.25) is 0 Å². The van der Waals surface area contributed by atoms with E-state index in [-0.39, 0.29) is 17.6 Å². The lowest BCUT2D eigenvalue weighted by atomic mass is 9.79. The third-order valence-electron chi connectivity index (χ3n) is 6.00. The molecule has 6 nitrogen and oxygen atoms in total. The minimum atomic E-state index is -0.786. The van der Waals surface area contributed by atoms with Crippen molar-refractivity contribution >= 4 is 22.6 Å². The van der Waals surface area contributed by atoms with Gasteiger partial charge in [-0.05, 0) is 68.0 Å². The Morgan fingerprint density at radius 2 is 2.00 bits per heavy atom. The highest BCUT2D eigenvalue weighted by molar-refractivity contribution is 5.87. The van der Waals surface area contributed by atoms with E-state index in [1.165, 1.54) is 5.56 Å². The topological polar surface area (TPSA) is 83.6 Å². The van der Waals surface area contributed by atoms with Crippen molar-refractivity contribution in [1.82, 2.24) is 4.98 Å². The van der Waals surface area contributed by atoms with Gasteiger partial charge in [-0.1, -0.05) is 6.92 Å². The normalized spacial score (nSPS) is 17.7. The zero-order chi connectivity index (χ0) is 21.5. The Labute approximate surface area is 175 Å². The van der Waals surface area contributed by atoms with E-state index in [4.69, 9.17) is 9.52 Å². The van der Waals surface area contributed by atoms with Crippen molar-refractivity contribution in [3.63, 3.8) is 0 Å². The summed E-state index contributed by atoms with van der Waals surface area (Å²) < 4.78 is 5.71. The Balaban J connectivity index is 1.82. The summed E-state index contributed by atoms with van der Waals surface area (Å²) >= 11 is 0. The minimum Gasteiger partial charge on any atom is -0.481 e. The third kappa shape index (κ3) is 3.70. The van der Waals surface area contributed by atoms with E-state index in [0.29, 0.717) is 30.0 Å².